The van der Waals surface area contributed by atoms with Crippen molar-refractivity contribution in [2.45, 2.75) is 26.1 Å². The first-order valence-corrected chi connectivity index (χ1v) is 4.56. The van der Waals surface area contributed by atoms with Crippen LogP contribution in [-0.2, 0) is 21.7 Å². The van der Waals surface area contributed by atoms with Gasteiger partial charge in [-0.15, -0.1) is 0 Å². The summed E-state index contributed by atoms with van der Waals surface area (Å²) in [5.74, 6) is -0.314. The summed E-state index contributed by atoms with van der Waals surface area (Å²) in [6, 6.07) is 0. The Balaban J connectivity index is 2.24. The first-order chi connectivity index (χ1) is 6.74. The molecule has 0 aliphatic carbocycles. The van der Waals surface area contributed by atoms with E-state index in [1.165, 1.54) is 12.5 Å². The van der Waals surface area contributed by atoms with Gasteiger partial charge in [0.15, 0.2) is 0 Å². The molecule has 0 aromatic carbocycles. The van der Waals surface area contributed by atoms with E-state index in [-0.39, 0.29) is 0 Å². The molecule has 0 saturated carbocycles. The maximum atomic E-state index is 5.27. The second kappa shape index (κ2) is 3.29. The maximum absolute atomic E-state index is 5.27. The van der Waals surface area contributed by atoms with E-state index >= 15 is 0 Å². The van der Waals surface area contributed by atoms with E-state index in [0.717, 1.165) is 12.0 Å². The summed E-state index contributed by atoms with van der Waals surface area (Å²) in [4.78, 5) is 8.40. The Hall–Kier alpha value is -1.58. The molecule has 0 bridgehead atoms. The van der Waals surface area contributed by atoms with Crippen LogP contribution in [0.3, 0.4) is 0 Å². The van der Waals surface area contributed by atoms with Gasteiger partial charge in [0, 0.05) is 19.3 Å². The molecule has 74 valence electrons. The average molecular weight is 192 g/mol. The molecule has 1 aliphatic rings. The van der Waals surface area contributed by atoms with Crippen LogP contribution in [-0.4, -0.2) is 9.97 Å². The number of aryl methyl sites for hydroxylation is 1. The zero-order chi connectivity index (χ0) is 10.0. The van der Waals surface area contributed by atoms with E-state index in [1.807, 2.05) is 0 Å². The standard InChI is InChI=1S/C10H12N2O2/c1-3-8-6-11-9(12-7-8)10(2)13-4-5-14-10/h4-7H,3H2,1-2H3. The Bertz CT molecular complexity index is 338. The predicted molar refractivity (Wildman–Crippen MR) is 50.1 cm³/mol. The Kier molecular flexibility index (Phi) is 2.11. The van der Waals surface area contributed by atoms with Gasteiger partial charge >= 0.3 is 5.79 Å². The molecule has 14 heavy (non-hydrogen) atoms. The minimum atomic E-state index is -0.855. The highest BCUT2D eigenvalue weighted by Crippen LogP contribution is 2.28. The van der Waals surface area contributed by atoms with E-state index in [1.54, 1.807) is 19.3 Å². The number of aromatic nitrogens is 2. The van der Waals surface area contributed by atoms with Crippen molar-refractivity contribution in [2.75, 3.05) is 0 Å². The van der Waals surface area contributed by atoms with Gasteiger partial charge in [-0.3, -0.25) is 0 Å². The van der Waals surface area contributed by atoms with Crippen LogP contribution in [0, 0.1) is 0 Å². The SMILES string of the molecule is CCc1cnc(C2(C)OC=CO2)nc1. The van der Waals surface area contributed by atoms with E-state index in [9.17, 15) is 0 Å². The molecule has 0 amide bonds. The highest BCUT2D eigenvalue weighted by atomic mass is 16.7. The van der Waals surface area contributed by atoms with Gasteiger partial charge in [0.2, 0.25) is 5.82 Å². The molecule has 2 rings (SSSR count). The predicted octanol–water partition coefficient (Wildman–Crippen LogP) is 1.73. The second-order valence-electron chi connectivity index (χ2n) is 3.22. The minimum Gasteiger partial charge on any atom is -0.450 e. The van der Waals surface area contributed by atoms with Crippen LogP contribution >= 0.6 is 0 Å². The van der Waals surface area contributed by atoms with Crippen LogP contribution < -0.4 is 0 Å². The summed E-state index contributed by atoms with van der Waals surface area (Å²) in [6.07, 6.45) is 7.50. The summed E-state index contributed by atoms with van der Waals surface area (Å²) in [5.41, 5.74) is 1.10. The van der Waals surface area contributed by atoms with Crippen LogP contribution in [0.5, 0.6) is 0 Å². The largest absolute Gasteiger partial charge is 0.450 e. The van der Waals surface area contributed by atoms with Crippen molar-refractivity contribution in [3.8, 4) is 0 Å². The third-order valence-corrected chi connectivity index (χ3v) is 2.16. The Morgan fingerprint density at radius 2 is 1.79 bits per heavy atom. The third kappa shape index (κ3) is 1.43. The molecule has 0 fully saturated rings. The van der Waals surface area contributed by atoms with Crippen LogP contribution in [0.2, 0.25) is 0 Å². The average Bonchev–Trinajstić information content (AvgIpc) is 2.67. The maximum Gasteiger partial charge on any atom is 0.308 e. The van der Waals surface area contributed by atoms with Crippen LogP contribution in [0.1, 0.15) is 25.2 Å². The van der Waals surface area contributed by atoms with Gasteiger partial charge in [-0.25, -0.2) is 9.97 Å². The molecule has 1 aromatic heterocycles. The van der Waals surface area contributed by atoms with Gasteiger partial charge in [0.25, 0.3) is 0 Å². The van der Waals surface area contributed by atoms with Crippen LogP contribution in [0.4, 0.5) is 0 Å². The molecule has 0 saturated heterocycles. The topological polar surface area (TPSA) is 44.2 Å². The van der Waals surface area contributed by atoms with Crippen LogP contribution in [0.15, 0.2) is 24.9 Å². The summed E-state index contributed by atoms with van der Waals surface area (Å²) in [5, 5.41) is 0. The van der Waals surface area contributed by atoms with Crippen molar-refractivity contribution < 1.29 is 9.47 Å². The molecular weight excluding hydrogens is 180 g/mol. The summed E-state index contributed by atoms with van der Waals surface area (Å²) >= 11 is 0. The van der Waals surface area contributed by atoms with Gasteiger partial charge in [-0.1, -0.05) is 6.92 Å². The summed E-state index contributed by atoms with van der Waals surface area (Å²) < 4.78 is 10.5. The molecule has 0 radical (unpaired) electrons. The number of hydrogen-bond acceptors (Lipinski definition) is 4. The molecule has 1 aromatic rings. The van der Waals surface area contributed by atoms with E-state index in [4.69, 9.17) is 9.47 Å². The lowest BCUT2D eigenvalue weighted by Crippen LogP contribution is -2.25. The van der Waals surface area contributed by atoms with Gasteiger partial charge in [0.05, 0.1) is 0 Å². The first kappa shape index (κ1) is 8.99. The highest BCUT2D eigenvalue weighted by molar-refractivity contribution is 5.08. The van der Waals surface area contributed by atoms with Gasteiger partial charge < -0.3 is 9.47 Å². The van der Waals surface area contributed by atoms with Crippen molar-refractivity contribution >= 4 is 0 Å². The lowest BCUT2D eigenvalue weighted by atomic mass is 10.2. The normalized spacial score (nSPS) is 17.6. The molecule has 0 atom stereocenters. The molecule has 0 unspecified atom stereocenters. The zero-order valence-corrected chi connectivity index (χ0v) is 8.23. The van der Waals surface area contributed by atoms with Crippen molar-refractivity contribution in [1.82, 2.24) is 9.97 Å². The third-order valence-electron chi connectivity index (χ3n) is 2.16. The zero-order valence-electron chi connectivity index (χ0n) is 8.23. The number of hydrogen-bond donors (Lipinski definition) is 0. The fraction of sp³-hybridized carbons (Fsp3) is 0.400. The summed E-state index contributed by atoms with van der Waals surface area (Å²) in [6.45, 7) is 3.85. The smallest absolute Gasteiger partial charge is 0.308 e. The van der Waals surface area contributed by atoms with Crippen molar-refractivity contribution in [3.05, 3.63) is 36.3 Å². The molecular formula is C10H12N2O2. The monoisotopic (exact) mass is 192 g/mol. The fourth-order valence-electron chi connectivity index (χ4n) is 1.22. The second-order valence-corrected chi connectivity index (χ2v) is 3.22. The lowest BCUT2D eigenvalue weighted by molar-refractivity contribution is -0.139. The van der Waals surface area contributed by atoms with Crippen molar-refractivity contribution in [3.63, 3.8) is 0 Å². The molecule has 4 heteroatoms. The van der Waals surface area contributed by atoms with Gasteiger partial charge in [-0.2, -0.15) is 0 Å². The molecule has 0 spiro atoms. The van der Waals surface area contributed by atoms with Crippen LogP contribution in [0.25, 0.3) is 0 Å². The minimum absolute atomic E-state index is 0.541. The number of ether oxygens (including phenoxy) is 2. The van der Waals surface area contributed by atoms with E-state index in [0.29, 0.717) is 5.82 Å². The number of nitrogens with zero attached hydrogens (tertiary/aromatic N) is 2. The Labute approximate surface area is 82.6 Å². The van der Waals surface area contributed by atoms with E-state index < -0.39 is 5.79 Å². The van der Waals surface area contributed by atoms with E-state index in [2.05, 4.69) is 16.9 Å². The summed E-state index contributed by atoms with van der Waals surface area (Å²) in [7, 11) is 0. The first-order valence-electron chi connectivity index (χ1n) is 4.56. The molecule has 1 aliphatic heterocycles. The Morgan fingerprint density at radius 1 is 1.21 bits per heavy atom. The van der Waals surface area contributed by atoms with Gasteiger partial charge in [-0.05, 0) is 12.0 Å². The quantitative estimate of drug-likeness (QED) is 0.715. The lowest BCUT2D eigenvalue weighted by Gasteiger charge is -2.20. The molecule has 0 N–H and O–H groups in total. The van der Waals surface area contributed by atoms with Gasteiger partial charge in [0.1, 0.15) is 12.5 Å². The fourth-order valence-corrected chi connectivity index (χ4v) is 1.22. The van der Waals surface area contributed by atoms with Crippen molar-refractivity contribution in [2.24, 2.45) is 0 Å². The highest BCUT2D eigenvalue weighted by Gasteiger charge is 2.35. The number of rotatable bonds is 2. The van der Waals surface area contributed by atoms with Crippen molar-refractivity contribution in [1.29, 1.82) is 0 Å². The molecule has 4 nitrogen and oxygen atoms in total. The molecule has 2 heterocycles. The Morgan fingerprint density at radius 3 is 2.29 bits per heavy atom.